The Labute approximate surface area is 116 Å². The lowest BCUT2D eigenvalue weighted by Crippen LogP contribution is -2.39. The monoisotopic (exact) mass is 262 g/mol. The Kier molecular flexibility index (Phi) is 3.81. The minimum atomic E-state index is 0.102. The summed E-state index contributed by atoms with van der Waals surface area (Å²) < 4.78 is 0. The van der Waals surface area contributed by atoms with E-state index < -0.39 is 0 Å². The van der Waals surface area contributed by atoms with E-state index in [4.69, 9.17) is 4.98 Å². The quantitative estimate of drug-likeness (QED) is 0.909. The third-order valence-electron chi connectivity index (χ3n) is 3.65. The zero-order valence-corrected chi connectivity index (χ0v) is 12.8. The molecule has 0 bridgehead atoms. The molecule has 0 saturated carbocycles. The van der Waals surface area contributed by atoms with Crippen molar-refractivity contribution >= 4 is 5.82 Å². The first-order chi connectivity index (χ1) is 8.78. The highest BCUT2D eigenvalue weighted by Gasteiger charge is 2.32. The molecule has 1 aromatic rings. The van der Waals surface area contributed by atoms with E-state index in [1.54, 1.807) is 0 Å². The van der Waals surface area contributed by atoms with Gasteiger partial charge in [0, 0.05) is 30.4 Å². The summed E-state index contributed by atoms with van der Waals surface area (Å²) in [6, 6.07) is 0. The molecule has 0 radical (unpaired) electrons. The zero-order chi connectivity index (χ0) is 14.1. The van der Waals surface area contributed by atoms with Gasteiger partial charge < -0.3 is 10.2 Å². The second kappa shape index (κ2) is 5.08. The average Bonchev–Trinajstić information content (AvgIpc) is 2.66. The minimum absolute atomic E-state index is 0.102. The van der Waals surface area contributed by atoms with Crippen LogP contribution in [0.1, 0.15) is 53.2 Å². The van der Waals surface area contributed by atoms with E-state index >= 15 is 0 Å². The first-order valence-electron chi connectivity index (χ1n) is 7.12. The van der Waals surface area contributed by atoms with Crippen molar-refractivity contribution in [2.24, 2.45) is 0 Å². The van der Waals surface area contributed by atoms with Crippen LogP contribution in [0.4, 0.5) is 5.82 Å². The van der Waals surface area contributed by atoms with Crippen molar-refractivity contribution in [2.75, 3.05) is 11.4 Å². The molecule has 2 heterocycles. The predicted octanol–water partition coefficient (Wildman–Crippen LogP) is 2.74. The maximum absolute atomic E-state index is 4.75. The summed E-state index contributed by atoms with van der Waals surface area (Å²) >= 11 is 0. The number of rotatable bonds is 3. The standard InChI is InChI=1S/C15H26N4/c1-14(2,3)17-10-12-9-16-11-13(18-12)19-8-6-7-15(19,4)5/h9,11,17H,6-8,10H2,1-5H3. The van der Waals surface area contributed by atoms with Crippen LogP contribution in [0.15, 0.2) is 12.4 Å². The molecule has 1 N–H and O–H groups in total. The summed E-state index contributed by atoms with van der Waals surface area (Å²) in [5, 5.41) is 3.46. The van der Waals surface area contributed by atoms with Gasteiger partial charge in [-0.15, -0.1) is 0 Å². The molecule has 1 fully saturated rings. The molecule has 1 aliphatic rings. The molecule has 106 valence electrons. The lowest BCUT2D eigenvalue weighted by atomic mass is 10.0. The fourth-order valence-corrected chi connectivity index (χ4v) is 2.50. The fraction of sp³-hybridized carbons (Fsp3) is 0.733. The van der Waals surface area contributed by atoms with Gasteiger partial charge in [-0.25, -0.2) is 4.98 Å². The molecule has 4 heteroatoms. The Morgan fingerprint density at radius 1 is 1.32 bits per heavy atom. The summed E-state index contributed by atoms with van der Waals surface area (Å²) in [4.78, 5) is 11.5. The third-order valence-corrected chi connectivity index (χ3v) is 3.65. The molecule has 0 amide bonds. The largest absolute Gasteiger partial charge is 0.350 e. The second-order valence-electron chi connectivity index (χ2n) is 7.04. The van der Waals surface area contributed by atoms with Crippen LogP contribution in [0, 0.1) is 0 Å². The molecule has 0 unspecified atom stereocenters. The normalized spacial score (nSPS) is 18.9. The van der Waals surface area contributed by atoms with Crippen LogP contribution in [0.3, 0.4) is 0 Å². The first-order valence-corrected chi connectivity index (χ1v) is 7.12. The SMILES string of the molecule is CC(C)(C)NCc1cncc(N2CCCC2(C)C)n1. The van der Waals surface area contributed by atoms with Crippen LogP contribution in [0.25, 0.3) is 0 Å². The third kappa shape index (κ3) is 3.66. The van der Waals surface area contributed by atoms with Gasteiger partial charge in [0.1, 0.15) is 5.82 Å². The van der Waals surface area contributed by atoms with Gasteiger partial charge in [-0.3, -0.25) is 4.98 Å². The highest BCUT2D eigenvalue weighted by atomic mass is 15.3. The van der Waals surface area contributed by atoms with Gasteiger partial charge in [-0.2, -0.15) is 0 Å². The van der Waals surface area contributed by atoms with Crippen LogP contribution >= 0.6 is 0 Å². The van der Waals surface area contributed by atoms with E-state index in [1.807, 2.05) is 12.4 Å². The number of aromatic nitrogens is 2. The molecule has 19 heavy (non-hydrogen) atoms. The second-order valence-corrected chi connectivity index (χ2v) is 7.04. The lowest BCUT2D eigenvalue weighted by molar-refractivity contribution is 0.420. The van der Waals surface area contributed by atoms with Gasteiger partial charge in [0.25, 0.3) is 0 Å². The molecule has 0 aliphatic carbocycles. The Balaban J connectivity index is 2.11. The van der Waals surface area contributed by atoms with Gasteiger partial charge >= 0.3 is 0 Å². The van der Waals surface area contributed by atoms with E-state index in [1.165, 1.54) is 12.8 Å². The van der Waals surface area contributed by atoms with Crippen molar-refractivity contribution < 1.29 is 0 Å². The zero-order valence-electron chi connectivity index (χ0n) is 12.8. The number of nitrogens with zero attached hydrogens (tertiary/aromatic N) is 3. The maximum atomic E-state index is 4.75. The molecular weight excluding hydrogens is 236 g/mol. The molecular formula is C15H26N4. The summed E-state index contributed by atoms with van der Waals surface area (Å²) in [6.07, 6.45) is 6.19. The average molecular weight is 262 g/mol. The Hall–Kier alpha value is -1.16. The molecule has 1 aliphatic heterocycles. The van der Waals surface area contributed by atoms with Crippen LogP contribution in [-0.4, -0.2) is 27.6 Å². The van der Waals surface area contributed by atoms with Crippen molar-refractivity contribution in [3.8, 4) is 0 Å². The summed E-state index contributed by atoms with van der Waals surface area (Å²) in [6.45, 7) is 12.9. The molecule has 0 atom stereocenters. The first kappa shape index (κ1) is 14.3. The summed E-state index contributed by atoms with van der Waals surface area (Å²) in [5.41, 5.74) is 1.31. The molecule has 0 spiro atoms. The maximum Gasteiger partial charge on any atom is 0.147 e. The van der Waals surface area contributed by atoms with Gasteiger partial charge in [0.15, 0.2) is 0 Å². The number of hydrogen-bond acceptors (Lipinski definition) is 4. The van der Waals surface area contributed by atoms with E-state index in [0.717, 1.165) is 24.6 Å². The van der Waals surface area contributed by atoms with Crippen molar-refractivity contribution in [3.05, 3.63) is 18.1 Å². The van der Waals surface area contributed by atoms with Gasteiger partial charge in [0.2, 0.25) is 0 Å². The Morgan fingerprint density at radius 2 is 2.05 bits per heavy atom. The summed E-state index contributed by atoms with van der Waals surface area (Å²) in [7, 11) is 0. The number of anilines is 1. The van der Waals surface area contributed by atoms with Gasteiger partial charge in [0.05, 0.1) is 11.9 Å². The van der Waals surface area contributed by atoms with Crippen LogP contribution in [-0.2, 0) is 6.54 Å². The van der Waals surface area contributed by atoms with Crippen molar-refractivity contribution in [3.63, 3.8) is 0 Å². The predicted molar refractivity (Wildman–Crippen MR) is 79.3 cm³/mol. The lowest BCUT2D eigenvalue weighted by Gasteiger charge is -2.32. The summed E-state index contributed by atoms with van der Waals surface area (Å²) in [5.74, 6) is 1.01. The topological polar surface area (TPSA) is 41.1 Å². The van der Waals surface area contributed by atoms with Crippen molar-refractivity contribution in [1.82, 2.24) is 15.3 Å². The molecule has 1 saturated heterocycles. The van der Waals surface area contributed by atoms with E-state index in [0.29, 0.717) is 0 Å². The van der Waals surface area contributed by atoms with Crippen LogP contribution in [0.2, 0.25) is 0 Å². The van der Waals surface area contributed by atoms with Crippen molar-refractivity contribution in [1.29, 1.82) is 0 Å². The Bertz CT molecular complexity index is 434. The number of hydrogen-bond donors (Lipinski definition) is 1. The van der Waals surface area contributed by atoms with Gasteiger partial charge in [-0.1, -0.05) is 0 Å². The molecule has 2 rings (SSSR count). The van der Waals surface area contributed by atoms with Crippen molar-refractivity contribution in [2.45, 2.75) is 65.1 Å². The highest BCUT2D eigenvalue weighted by molar-refractivity contribution is 5.41. The minimum Gasteiger partial charge on any atom is -0.350 e. The molecule has 0 aromatic carbocycles. The van der Waals surface area contributed by atoms with E-state index in [2.05, 4.69) is 49.8 Å². The number of nitrogens with one attached hydrogen (secondary N) is 1. The Morgan fingerprint density at radius 3 is 2.63 bits per heavy atom. The highest BCUT2D eigenvalue weighted by Crippen LogP contribution is 2.31. The van der Waals surface area contributed by atoms with Crippen LogP contribution < -0.4 is 10.2 Å². The van der Waals surface area contributed by atoms with Gasteiger partial charge in [-0.05, 0) is 47.5 Å². The smallest absolute Gasteiger partial charge is 0.147 e. The molecule has 1 aromatic heterocycles. The van der Waals surface area contributed by atoms with Crippen LogP contribution in [0.5, 0.6) is 0 Å². The molecule has 4 nitrogen and oxygen atoms in total. The van der Waals surface area contributed by atoms with E-state index in [9.17, 15) is 0 Å². The van der Waals surface area contributed by atoms with E-state index in [-0.39, 0.29) is 11.1 Å². The fourth-order valence-electron chi connectivity index (χ4n) is 2.50.